The first-order valence-electron chi connectivity index (χ1n) is 19.0. The Morgan fingerprint density at radius 1 is 0.436 bits per heavy atom. The fourth-order valence-corrected chi connectivity index (χ4v) is 9.56. The maximum absolute atomic E-state index is 5.72. The minimum absolute atomic E-state index is 0.309. The second kappa shape index (κ2) is 11.0. The molecule has 0 atom stereocenters. The molecule has 0 radical (unpaired) electrons. The van der Waals surface area contributed by atoms with E-state index < -0.39 is 0 Å². The van der Waals surface area contributed by atoms with Crippen LogP contribution in [0.15, 0.2) is 170 Å². The van der Waals surface area contributed by atoms with Gasteiger partial charge in [-0.1, -0.05) is 141 Å². The summed E-state index contributed by atoms with van der Waals surface area (Å²) in [5.41, 5.74) is 12.1. The lowest BCUT2D eigenvalue weighted by atomic mass is 9.81. The second-order valence-corrected chi connectivity index (χ2v) is 15.4. The van der Waals surface area contributed by atoms with E-state index in [2.05, 4.69) is 193 Å². The molecule has 258 valence electrons. The lowest BCUT2D eigenvalue weighted by Gasteiger charge is -2.24. The van der Waals surface area contributed by atoms with E-state index in [9.17, 15) is 0 Å². The molecule has 0 N–H and O–H groups in total. The molecule has 3 aromatic heterocycles. The predicted octanol–water partition coefficient (Wildman–Crippen LogP) is 13.0. The summed E-state index contributed by atoms with van der Waals surface area (Å²) in [6.45, 7) is 4.65. The Labute approximate surface area is 317 Å². The summed E-state index contributed by atoms with van der Waals surface area (Å²) in [5.74, 6) is 0.680. The highest BCUT2D eigenvalue weighted by atomic mass is 15.2. The first kappa shape index (κ1) is 30.4. The Bertz CT molecular complexity index is 3400. The van der Waals surface area contributed by atoms with E-state index in [0.29, 0.717) is 5.95 Å². The molecule has 0 aliphatic heterocycles. The molecule has 3 heterocycles. The van der Waals surface area contributed by atoms with E-state index in [1.165, 1.54) is 70.8 Å². The molecular formula is C51H34N4. The second-order valence-electron chi connectivity index (χ2n) is 15.4. The van der Waals surface area contributed by atoms with Crippen LogP contribution in [0.4, 0.5) is 0 Å². The van der Waals surface area contributed by atoms with Gasteiger partial charge in [0.25, 0.3) is 0 Å². The summed E-state index contributed by atoms with van der Waals surface area (Å²) >= 11 is 0. The zero-order chi connectivity index (χ0) is 36.4. The molecule has 0 bridgehead atoms. The lowest BCUT2D eigenvalue weighted by molar-refractivity contribution is 0.657. The van der Waals surface area contributed by atoms with Crippen LogP contribution in [0.3, 0.4) is 0 Å². The topological polar surface area (TPSA) is 35.6 Å². The van der Waals surface area contributed by atoms with Gasteiger partial charge in [0, 0.05) is 54.7 Å². The van der Waals surface area contributed by atoms with Crippen molar-refractivity contribution in [3.05, 3.63) is 181 Å². The maximum Gasteiger partial charge on any atom is 0.235 e. The zero-order valence-corrected chi connectivity index (χ0v) is 30.5. The third kappa shape index (κ3) is 4.17. The van der Waals surface area contributed by atoms with Crippen molar-refractivity contribution in [3.63, 3.8) is 0 Å². The van der Waals surface area contributed by atoms with E-state index >= 15 is 0 Å². The largest absolute Gasteiger partial charge is 0.309 e. The average molecular weight is 703 g/mol. The average Bonchev–Trinajstić information content (AvgIpc) is 3.82. The van der Waals surface area contributed by atoms with Crippen LogP contribution < -0.4 is 0 Å². The van der Waals surface area contributed by atoms with E-state index in [1.54, 1.807) is 0 Å². The molecule has 0 spiro atoms. The maximum atomic E-state index is 5.72. The summed E-state index contributed by atoms with van der Waals surface area (Å²) < 4.78 is 4.70. The van der Waals surface area contributed by atoms with Gasteiger partial charge in [0.05, 0.1) is 33.5 Å². The van der Waals surface area contributed by atoms with Crippen molar-refractivity contribution in [2.75, 3.05) is 0 Å². The van der Waals surface area contributed by atoms with Crippen LogP contribution in [0.5, 0.6) is 0 Å². The number of fused-ring (bicyclic) bond motifs is 12. The summed E-state index contributed by atoms with van der Waals surface area (Å²) in [5, 5.41) is 9.60. The number of nitrogens with zero attached hydrogens (tertiary/aromatic N) is 4. The van der Waals surface area contributed by atoms with Gasteiger partial charge in [-0.15, -0.1) is 0 Å². The van der Waals surface area contributed by atoms with Crippen molar-refractivity contribution >= 4 is 65.2 Å². The third-order valence-electron chi connectivity index (χ3n) is 12.1. The van der Waals surface area contributed by atoms with Gasteiger partial charge in [0.15, 0.2) is 0 Å². The zero-order valence-electron chi connectivity index (χ0n) is 30.5. The van der Waals surface area contributed by atoms with Gasteiger partial charge in [-0.2, -0.15) is 0 Å². The molecule has 8 aromatic carbocycles. The number of rotatable bonds is 3. The first-order valence-corrected chi connectivity index (χ1v) is 19.0. The Balaban J connectivity index is 1.22. The Kier molecular flexibility index (Phi) is 6.09. The van der Waals surface area contributed by atoms with Crippen LogP contribution >= 0.6 is 0 Å². The van der Waals surface area contributed by atoms with Crippen molar-refractivity contribution in [1.29, 1.82) is 0 Å². The smallest absolute Gasteiger partial charge is 0.235 e. The Morgan fingerprint density at radius 2 is 1.09 bits per heavy atom. The fourth-order valence-electron chi connectivity index (χ4n) is 9.56. The number of para-hydroxylation sites is 2. The van der Waals surface area contributed by atoms with Gasteiger partial charge < -0.3 is 4.57 Å². The fraction of sp³-hybridized carbons (Fsp3) is 0.0588. The normalized spacial score (nSPS) is 13.4. The monoisotopic (exact) mass is 702 g/mol. The van der Waals surface area contributed by atoms with Gasteiger partial charge in [0.2, 0.25) is 5.95 Å². The molecule has 0 amide bonds. The number of benzene rings is 8. The minimum atomic E-state index is -0.309. The van der Waals surface area contributed by atoms with Crippen LogP contribution in [0.1, 0.15) is 25.0 Å². The van der Waals surface area contributed by atoms with Crippen LogP contribution in [0, 0.1) is 0 Å². The molecule has 12 rings (SSSR count). The molecule has 4 nitrogen and oxygen atoms in total. The van der Waals surface area contributed by atoms with Crippen molar-refractivity contribution in [1.82, 2.24) is 19.1 Å². The van der Waals surface area contributed by atoms with Gasteiger partial charge in [0.1, 0.15) is 0 Å². The minimum Gasteiger partial charge on any atom is -0.309 e. The molecule has 0 unspecified atom stereocenters. The van der Waals surface area contributed by atoms with Crippen LogP contribution in [-0.2, 0) is 5.41 Å². The molecule has 4 heteroatoms. The van der Waals surface area contributed by atoms with E-state index in [0.717, 1.165) is 33.7 Å². The first-order chi connectivity index (χ1) is 27.0. The van der Waals surface area contributed by atoms with E-state index in [4.69, 9.17) is 9.97 Å². The van der Waals surface area contributed by atoms with Crippen molar-refractivity contribution in [2.24, 2.45) is 0 Å². The van der Waals surface area contributed by atoms with Crippen molar-refractivity contribution in [2.45, 2.75) is 19.3 Å². The van der Waals surface area contributed by atoms with E-state index in [1.807, 2.05) is 0 Å². The molecule has 0 saturated carbocycles. The molecule has 55 heavy (non-hydrogen) atoms. The Hall–Kier alpha value is -7.04. The highest BCUT2D eigenvalue weighted by Crippen LogP contribution is 2.52. The molecule has 11 aromatic rings. The predicted molar refractivity (Wildman–Crippen MR) is 229 cm³/mol. The summed E-state index contributed by atoms with van der Waals surface area (Å²) in [7, 11) is 0. The van der Waals surface area contributed by atoms with Gasteiger partial charge in [-0.3, -0.25) is 4.57 Å². The van der Waals surface area contributed by atoms with Gasteiger partial charge in [-0.25, -0.2) is 9.97 Å². The number of aromatic nitrogens is 4. The quantitative estimate of drug-likeness (QED) is 0.184. The van der Waals surface area contributed by atoms with Crippen molar-refractivity contribution < 1.29 is 0 Å². The molecule has 1 aliphatic carbocycles. The lowest BCUT2D eigenvalue weighted by Crippen LogP contribution is -2.18. The Morgan fingerprint density at radius 3 is 1.95 bits per heavy atom. The third-order valence-corrected chi connectivity index (χ3v) is 12.1. The van der Waals surface area contributed by atoms with Crippen LogP contribution in [-0.4, -0.2) is 19.1 Å². The summed E-state index contributed by atoms with van der Waals surface area (Å²) in [6, 6.07) is 61.5. The highest BCUT2D eigenvalue weighted by Gasteiger charge is 2.40. The summed E-state index contributed by atoms with van der Waals surface area (Å²) in [6.07, 6.45) is 0. The van der Waals surface area contributed by atoms with E-state index in [-0.39, 0.29) is 5.41 Å². The number of hydrogen-bond donors (Lipinski definition) is 0. The standard InChI is InChI=1S/C51H34N4/c1-51(2)42-22-12-10-21-39(42)48-46(51)47(34-25-27-44-40(29-34)37-20-11-13-23-43(37)54(44)35-17-4-3-5-18-35)52-50(53-48)55-45-30-33-16-7-6-15-32(33)28-41(45)38-26-24-31-14-8-9-19-36(31)49(38)55/h3-30H,1-2H3. The van der Waals surface area contributed by atoms with Gasteiger partial charge >= 0.3 is 0 Å². The SMILES string of the molecule is CC1(C)c2ccccc2-c2nc(-n3c4cc5ccccc5cc4c4ccc5ccccc5c43)nc(-c3ccc4c(c3)c3ccccc3n4-c3ccccc3)c21. The van der Waals surface area contributed by atoms with Gasteiger partial charge in [-0.05, 0) is 64.2 Å². The highest BCUT2D eigenvalue weighted by molar-refractivity contribution is 6.20. The molecule has 0 saturated heterocycles. The molecular weight excluding hydrogens is 669 g/mol. The molecule has 1 aliphatic rings. The van der Waals surface area contributed by atoms with Crippen LogP contribution in [0.2, 0.25) is 0 Å². The van der Waals surface area contributed by atoms with Crippen molar-refractivity contribution in [3.8, 4) is 34.2 Å². The van der Waals surface area contributed by atoms with Crippen LogP contribution in [0.25, 0.3) is 99.3 Å². The number of hydrogen-bond acceptors (Lipinski definition) is 2. The summed E-state index contributed by atoms with van der Waals surface area (Å²) in [4.78, 5) is 11.3. The molecule has 0 fully saturated rings.